The van der Waals surface area contributed by atoms with E-state index < -0.39 is 12.3 Å². The highest BCUT2D eigenvalue weighted by Crippen LogP contribution is 2.33. The van der Waals surface area contributed by atoms with Crippen molar-refractivity contribution in [1.82, 2.24) is 0 Å². The van der Waals surface area contributed by atoms with Gasteiger partial charge in [0.1, 0.15) is 6.17 Å². The lowest BCUT2D eigenvalue weighted by molar-refractivity contribution is 0.0135. The fourth-order valence-corrected chi connectivity index (χ4v) is 1.98. The van der Waals surface area contributed by atoms with Crippen molar-refractivity contribution >= 4 is 0 Å². The SMILES string of the molecule is CCC(C)C1CC[C@@H](O)C(F)C1. The summed E-state index contributed by atoms with van der Waals surface area (Å²) in [5.74, 6) is 1.10. The van der Waals surface area contributed by atoms with Gasteiger partial charge in [-0.1, -0.05) is 20.3 Å². The van der Waals surface area contributed by atoms with Crippen LogP contribution in [0.5, 0.6) is 0 Å². The maximum absolute atomic E-state index is 13.1. The molecular formula is C10H19FO. The van der Waals surface area contributed by atoms with Crippen LogP contribution in [0.1, 0.15) is 39.5 Å². The topological polar surface area (TPSA) is 20.2 Å². The van der Waals surface area contributed by atoms with Gasteiger partial charge in [-0.05, 0) is 31.1 Å². The van der Waals surface area contributed by atoms with E-state index in [9.17, 15) is 9.50 Å². The second-order valence-corrected chi connectivity index (χ2v) is 4.04. The number of aliphatic hydroxyl groups excluding tert-OH is 1. The smallest absolute Gasteiger partial charge is 0.126 e. The van der Waals surface area contributed by atoms with Gasteiger partial charge in [0.2, 0.25) is 0 Å². The number of hydrogen-bond acceptors (Lipinski definition) is 1. The maximum atomic E-state index is 13.1. The molecule has 12 heavy (non-hydrogen) atoms. The van der Waals surface area contributed by atoms with E-state index in [1.165, 1.54) is 0 Å². The third-order valence-electron chi connectivity index (χ3n) is 3.23. The molecule has 4 atom stereocenters. The van der Waals surface area contributed by atoms with Crippen LogP contribution in [0, 0.1) is 11.8 Å². The van der Waals surface area contributed by atoms with Gasteiger partial charge >= 0.3 is 0 Å². The summed E-state index contributed by atoms with van der Waals surface area (Å²) in [5, 5.41) is 9.17. The Morgan fingerprint density at radius 1 is 1.50 bits per heavy atom. The van der Waals surface area contributed by atoms with Crippen molar-refractivity contribution in [3.63, 3.8) is 0 Å². The molecule has 0 aliphatic heterocycles. The number of halogens is 1. The standard InChI is InChI=1S/C10H19FO/c1-3-7(2)8-4-5-10(12)9(11)6-8/h7-10,12H,3-6H2,1-2H3/t7?,8?,9?,10-/m1/s1. The van der Waals surface area contributed by atoms with Crippen molar-refractivity contribution in [3.8, 4) is 0 Å². The third-order valence-corrected chi connectivity index (χ3v) is 3.23. The predicted octanol–water partition coefficient (Wildman–Crippen LogP) is 2.53. The molecule has 0 aromatic carbocycles. The lowest BCUT2D eigenvalue weighted by atomic mass is 9.78. The van der Waals surface area contributed by atoms with E-state index in [0.717, 1.165) is 12.8 Å². The van der Waals surface area contributed by atoms with Gasteiger partial charge < -0.3 is 5.11 Å². The molecule has 0 saturated heterocycles. The van der Waals surface area contributed by atoms with E-state index in [-0.39, 0.29) is 0 Å². The largest absolute Gasteiger partial charge is 0.390 e. The average molecular weight is 174 g/mol. The Balaban J connectivity index is 2.39. The highest BCUT2D eigenvalue weighted by molar-refractivity contribution is 4.81. The molecule has 0 heterocycles. The summed E-state index contributed by atoms with van der Waals surface area (Å²) in [7, 11) is 0. The van der Waals surface area contributed by atoms with Crippen LogP contribution >= 0.6 is 0 Å². The summed E-state index contributed by atoms with van der Waals surface area (Å²) in [4.78, 5) is 0. The van der Waals surface area contributed by atoms with Crippen LogP contribution in [0.2, 0.25) is 0 Å². The molecule has 1 fully saturated rings. The summed E-state index contributed by atoms with van der Waals surface area (Å²) >= 11 is 0. The molecule has 0 radical (unpaired) electrons. The molecule has 1 rings (SSSR count). The first-order valence-electron chi connectivity index (χ1n) is 4.97. The number of alkyl halides is 1. The summed E-state index contributed by atoms with van der Waals surface area (Å²) in [6, 6.07) is 0. The molecule has 3 unspecified atom stereocenters. The van der Waals surface area contributed by atoms with E-state index in [1.807, 2.05) is 0 Å². The van der Waals surface area contributed by atoms with Crippen LogP contribution in [0.25, 0.3) is 0 Å². The Bertz CT molecular complexity index is 138. The van der Waals surface area contributed by atoms with E-state index in [2.05, 4.69) is 13.8 Å². The first kappa shape index (κ1) is 9.97. The van der Waals surface area contributed by atoms with Crippen molar-refractivity contribution in [2.75, 3.05) is 0 Å². The van der Waals surface area contributed by atoms with Crippen LogP contribution in [0.3, 0.4) is 0 Å². The van der Waals surface area contributed by atoms with E-state index >= 15 is 0 Å². The zero-order valence-electron chi connectivity index (χ0n) is 7.96. The van der Waals surface area contributed by atoms with Gasteiger partial charge in [-0.3, -0.25) is 0 Å². The van der Waals surface area contributed by atoms with Gasteiger partial charge in [-0.25, -0.2) is 4.39 Å². The Kier molecular flexibility index (Phi) is 3.51. The number of aliphatic hydroxyl groups is 1. The fraction of sp³-hybridized carbons (Fsp3) is 1.00. The molecule has 0 bridgehead atoms. The van der Waals surface area contributed by atoms with Crippen molar-refractivity contribution in [2.45, 2.75) is 51.8 Å². The van der Waals surface area contributed by atoms with Crippen molar-refractivity contribution in [1.29, 1.82) is 0 Å². The summed E-state index contributed by atoms with van der Waals surface area (Å²) in [6.45, 7) is 4.32. The lowest BCUT2D eigenvalue weighted by Gasteiger charge is -2.32. The maximum Gasteiger partial charge on any atom is 0.126 e. The van der Waals surface area contributed by atoms with Crippen LogP contribution in [0.15, 0.2) is 0 Å². The molecule has 1 N–H and O–H groups in total. The molecule has 0 aromatic rings. The number of hydrogen-bond donors (Lipinski definition) is 1. The normalized spacial score (nSPS) is 39.5. The summed E-state index contributed by atoms with van der Waals surface area (Å²) < 4.78 is 13.1. The highest BCUT2D eigenvalue weighted by atomic mass is 19.1. The first-order chi connectivity index (χ1) is 5.65. The molecule has 1 aliphatic rings. The Labute approximate surface area is 74.0 Å². The fourth-order valence-electron chi connectivity index (χ4n) is 1.98. The molecule has 0 spiro atoms. The molecular weight excluding hydrogens is 155 g/mol. The van der Waals surface area contributed by atoms with Gasteiger partial charge in [0.25, 0.3) is 0 Å². The van der Waals surface area contributed by atoms with Gasteiger partial charge in [-0.2, -0.15) is 0 Å². The Morgan fingerprint density at radius 2 is 2.17 bits per heavy atom. The molecule has 0 aromatic heterocycles. The first-order valence-corrected chi connectivity index (χ1v) is 4.97. The van der Waals surface area contributed by atoms with E-state index in [1.54, 1.807) is 0 Å². The van der Waals surface area contributed by atoms with Crippen molar-refractivity contribution in [2.24, 2.45) is 11.8 Å². The van der Waals surface area contributed by atoms with Crippen molar-refractivity contribution in [3.05, 3.63) is 0 Å². The molecule has 1 nitrogen and oxygen atoms in total. The Hall–Kier alpha value is -0.110. The van der Waals surface area contributed by atoms with Crippen LogP contribution in [-0.4, -0.2) is 17.4 Å². The van der Waals surface area contributed by atoms with Gasteiger partial charge in [0.15, 0.2) is 0 Å². The zero-order valence-corrected chi connectivity index (χ0v) is 7.96. The van der Waals surface area contributed by atoms with Gasteiger partial charge in [-0.15, -0.1) is 0 Å². The van der Waals surface area contributed by atoms with Crippen molar-refractivity contribution < 1.29 is 9.50 Å². The van der Waals surface area contributed by atoms with Crippen LogP contribution < -0.4 is 0 Å². The molecule has 72 valence electrons. The monoisotopic (exact) mass is 174 g/mol. The average Bonchev–Trinajstić information content (AvgIpc) is 2.08. The molecule has 1 aliphatic carbocycles. The highest BCUT2D eigenvalue weighted by Gasteiger charge is 2.30. The lowest BCUT2D eigenvalue weighted by Crippen LogP contribution is -2.32. The molecule has 1 saturated carbocycles. The molecule has 2 heteroatoms. The van der Waals surface area contributed by atoms with E-state index in [0.29, 0.717) is 24.7 Å². The minimum absolute atomic E-state index is 0.494. The summed E-state index contributed by atoms with van der Waals surface area (Å²) in [5.41, 5.74) is 0. The minimum atomic E-state index is -0.974. The van der Waals surface area contributed by atoms with Gasteiger partial charge in [0.05, 0.1) is 6.10 Å². The molecule has 0 amide bonds. The Morgan fingerprint density at radius 3 is 2.67 bits per heavy atom. The van der Waals surface area contributed by atoms with Crippen LogP contribution in [0.4, 0.5) is 4.39 Å². The van der Waals surface area contributed by atoms with E-state index in [4.69, 9.17) is 0 Å². The summed E-state index contributed by atoms with van der Waals surface area (Å²) in [6.07, 6.45) is 1.67. The quantitative estimate of drug-likeness (QED) is 0.682. The third kappa shape index (κ3) is 2.19. The second kappa shape index (κ2) is 4.22. The zero-order chi connectivity index (χ0) is 9.14. The predicted molar refractivity (Wildman–Crippen MR) is 47.7 cm³/mol. The van der Waals surface area contributed by atoms with Gasteiger partial charge in [0, 0.05) is 0 Å². The number of rotatable bonds is 2. The minimum Gasteiger partial charge on any atom is -0.390 e. The second-order valence-electron chi connectivity index (χ2n) is 4.04. The van der Waals surface area contributed by atoms with Crippen LogP contribution in [-0.2, 0) is 0 Å².